The van der Waals surface area contributed by atoms with E-state index in [1.807, 2.05) is 121 Å². The van der Waals surface area contributed by atoms with E-state index in [2.05, 4.69) is 22.6 Å². The van der Waals surface area contributed by atoms with E-state index < -0.39 is 47.2 Å². The molecule has 280 valence electrons. The third-order valence-corrected chi connectivity index (χ3v) is 10.6. The van der Waals surface area contributed by atoms with Crippen LogP contribution in [-0.4, -0.2) is 71.5 Å². The first kappa shape index (κ1) is 39.0. The predicted molar refractivity (Wildman–Crippen MR) is 204 cm³/mol. The Morgan fingerprint density at radius 2 is 1.15 bits per heavy atom. The maximum absolute atomic E-state index is 13.1. The summed E-state index contributed by atoms with van der Waals surface area (Å²) >= 11 is 2.19. The van der Waals surface area contributed by atoms with Gasteiger partial charge in [0.05, 0.1) is 44.1 Å². The van der Waals surface area contributed by atoms with Crippen LogP contribution in [0.1, 0.15) is 36.1 Å². The highest BCUT2D eigenvalue weighted by atomic mass is 127. The fraction of sp³-hybridized carbons (Fsp3) is 0.381. The van der Waals surface area contributed by atoms with Crippen LogP contribution >= 0.6 is 22.6 Å². The second-order valence-corrected chi connectivity index (χ2v) is 14.0. The van der Waals surface area contributed by atoms with Crippen LogP contribution in [0.5, 0.6) is 0 Å². The van der Waals surface area contributed by atoms with Gasteiger partial charge >= 0.3 is 11.9 Å². The Kier molecular flexibility index (Phi) is 13.3. The zero-order valence-electron chi connectivity index (χ0n) is 29.9. The maximum Gasteiger partial charge on any atom is 0.303 e. The van der Waals surface area contributed by atoms with Gasteiger partial charge in [-0.3, -0.25) is 9.59 Å². The van der Waals surface area contributed by atoms with Crippen LogP contribution in [0.3, 0.4) is 0 Å². The summed E-state index contributed by atoms with van der Waals surface area (Å²) in [6.45, 7) is 2.97. The van der Waals surface area contributed by atoms with Crippen molar-refractivity contribution in [2.24, 2.45) is 0 Å². The number of benzene rings is 4. The summed E-state index contributed by atoms with van der Waals surface area (Å²) in [6.07, 6.45) is -3.05. The van der Waals surface area contributed by atoms with Crippen LogP contribution in [0.15, 0.2) is 121 Å². The Bertz CT molecular complexity index is 1750. The molecular weight excluding hydrogens is 791 g/mol. The number of alkyl halides is 1. The number of carbonyl (C=O) groups is 2. The van der Waals surface area contributed by atoms with Crippen molar-refractivity contribution in [3.05, 3.63) is 144 Å². The molecule has 2 bridgehead atoms. The summed E-state index contributed by atoms with van der Waals surface area (Å²) in [4.78, 5) is 25.8. The van der Waals surface area contributed by atoms with Crippen LogP contribution in [0.2, 0.25) is 0 Å². The molecule has 10 nitrogen and oxygen atoms in total. The molecule has 2 heterocycles. The van der Waals surface area contributed by atoms with Gasteiger partial charge in [0.25, 0.3) is 0 Å². The van der Waals surface area contributed by atoms with Gasteiger partial charge in [0.2, 0.25) is 5.79 Å². The standard InChI is InChI=1S/C42H45IO10/c1-31(44)49-30-41-38(51-32(2)45)39(48-25-35-19-11-5-12-20-35)42(28-43,53-41)52-37(27-46-23-33-15-7-3-8-16-33)40(41,50-26-36-21-13-6-14-22-36)29-47-24-34-17-9-4-10-18-34/h3-22,37-39H,23-30H2,1-2H3/t37-,38-,39-,40+,41-,42+/m1/s1. The number of rotatable bonds is 18. The highest BCUT2D eigenvalue weighted by Gasteiger charge is 2.80. The van der Waals surface area contributed by atoms with Gasteiger partial charge in [-0.25, -0.2) is 0 Å². The lowest BCUT2D eigenvalue weighted by Crippen LogP contribution is -2.76. The van der Waals surface area contributed by atoms with Crippen LogP contribution in [0.4, 0.5) is 0 Å². The number of hydrogen-bond donors (Lipinski definition) is 0. The largest absolute Gasteiger partial charge is 0.463 e. The quantitative estimate of drug-likeness (QED) is 0.0607. The van der Waals surface area contributed by atoms with Crippen molar-refractivity contribution < 1.29 is 47.5 Å². The summed E-state index contributed by atoms with van der Waals surface area (Å²) in [5.74, 6) is -2.61. The van der Waals surface area contributed by atoms with Crippen molar-refractivity contribution in [2.75, 3.05) is 24.2 Å². The molecule has 0 saturated carbocycles. The summed E-state index contributed by atoms with van der Waals surface area (Å²) in [5, 5.41) is 0. The summed E-state index contributed by atoms with van der Waals surface area (Å²) in [7, 11) is 0. The lowest BCUT2D eigenvalue weighted by atomic mass is 9.75. The van der Waals surface area contributed by atoms with E-state index in [9.17, 15) is 9.59 Å². The highest BCUT2D eigenvalue weighted by Crippen LogP contribution is 2.57. The summed E-state index contributed by atoms with van der Waals surface area (Å²) < 4.78 is 53.3. The van der Waals surface area contributed by atoms with Crippen LogP contribution in [0.25, 0.3) is 0 Å². The second kappa shape index (κ2) is 18.1. The minimum Gasteiger partial charge on any atom is -0.463 e. The number of fused-ring (bicyclic) bond motifs is 2. The lowest BCUT2D eigenvalue weighted by molar-refractivity contribution is -0.408. The molecule has 0 aromatic heterocycles. The van der Waals surface area contributed by atoms with E-state index in [0.717, 1.165) is 22.3 Å². The Labute approximate surface area is 324 Å². The van der Waals surface area contributed by atoms with E-state index in [1.165, 1.54) is 13.8 Å². The van der Waals surface area contributed by atoms with Gasteiger partial charge in [-0.05, 0) is 22.3 Å². The molecule has 2 aliphatic rings. The molecule has 0 spiro atoms. The average Bonchev–Trinajstić information content (AvgIpc) is 3.41. The average molecular weight is 837 g/mol. The van der Waals surface area contributed by atoms with Crippen LogP contribution < -0.4 is 0 Å². The van der Waals surface area contributed by atoms with Crippen LogP contribution in [0, 0.1) is 0 Å². The first-order chi connectivity index (χ1) is 25.8. The van der Waals surface area contributed by atoms with Gasteiger partial charge in [0, 0.05) is 13.8 Å². The zero-order chi connectivity index (χ0) is 37.2. The maximum atomic E-state index is 13.1. The van der Waals surface area contributed by atoms with E-state index in [4.69, 9.17) is 37.9 Å². The minimum absolute atomic E-state index is 0.0279. The molecule has 4 aromatic carbocycles. The van der Waals surface area contributed by atoms with Crippen molar-refractivity contribution in [1.29, 1.82) is 0 Å². The molecule has 0 unspecified atom stereocenters. The van der Waals surface area contributed by atoms with Crippen molar-refractivity contribution in [3.8, 4) is 0 Å². The van der Waals surface area contributed by atoms with E-state index in [1.54, 1.807) is 0 Å². The number of ether oxygens (including phenoxy) is 8. The van der Waals surface area contributed by atoms with E-state index in [-0.39, 0.29) is 50.7 Å². The Morgan fingerprint density at radius 3 is 1.66 bits per heavy atom. The minimum atomic E-state index is -1.69. The van der Waals surface area contributed by atoms with Crippen molar-refractivity contribution in [1.82, 2.24) is 0 Å². The molecule has 6 atom stereocenters. The molecule has 0 radical (unpaired) electrons. The molecule has 0 amide bonds. The fourth-order valence-electron chi connectivity index (χ4n) is 6.99. The Morgan fingerprint density at radius 1 is 0.642 bits per heavy atom. The number of halogens is 1. The van der Waals surface area contributed by atoms with Gasteiger partial charge in [-0.15, -0.1) is 0 Å². The number of esters is 2. The third-order valence-electron chi connectivity index (χ3n) is 9.49. The fourth-order valence-corrected chi connectivity index (χ4v) is 7.76. The molecule has 53 heavy (non-hydrogen) atoms. The first-order valence-electron chi connectivity index (χ1n) is 17.6. The van der Waals surface area contributed by atoms with Gasteiger partial charge in [0.1, 0.15) is 12.7 Å². The van der Waals surface area contributed by atoms with Crippen molar-refractivity contribution in [2.45, 2.75) is 75.6 Å². The molecule has 0 N–H and O–H groups in total. The molecular formula is C42H45IO10. The molecule has 2 fully saturated rings. The van der Waals surface area contributed by atoms with Gasteiger partial charge in [-0.1, -0.05) is 144 Å². The Hall–Kier alpha value is -3.69. The summed E-state index contributed by atoms with van der Waals surface area (Å²) in [5.41, 5.74) is 0.382. The van der Waals surface area contributed by atoms with Gasteiger partial charge in [0.15, 0.2) is 23.4 Å². The number of hydrogen-bond acceptors (Lipinski definition) is 10. The first-order valence-corrected chi connectivity index (χ1v) is 19.1. The topological polar surface area (TPSA) is 108 Å². The summed E-state index contributed by atoms with van der Waals surface area (Å²) in [6, 6.07) is 38.9. The molecule has 2 aliphatic heterocycles. The third kappa shape index (κ3) is 9.00. The molecule has 4 aromatic rings. The monoisotopic (exact) mass is 836 g/mol. The zero-order valence-corrected chi connectivity index (χ0v) is 32.1. The smallest absolute Gasteiger partial charge is 0.303 e. The van der Waals surface area contributed by atoms with Crippen molar-refractivity contribution in [3.63, 3.8) is 0 Å². The van der Waals surface area contributed by atoms with E-state index >= 15 is 0 Å². The Balaban J connectivity index is 1.48. The SMILES string of the molecule is CC(=O)OC[C@]12O[C@](CI)(O[C@H](COCc3ccccc3)[C@]1(COCc1ccccc1)OCc1ccccc1)[C@H](OCc1ccccc1)[C@H]2OC(C)=O. The molecule has 0 aliphatic carbocycles. The van der Waals surface area contributed by atoms with Gasteiger partial charge in [-0.2, -0.15) is 0 Å². The number of carbonyl (C=O) groups excluding carboxylic acids is 2. The highest BCUT2D eigenvalue weighted by molar-refractivity contribution is 14.1. The molecule has 2 saturated heterocycles. The predicted octanol–water partition coefficient (Wildman–Crippen LogP) is 6.75. The van der Waals surface area contributed by atoms with Crippen molar-refractivity contribution >= 4 is 34.5 Å². The van der Waals surface area contributed by atoms with Crippen LogP contribution in [-0.2, 0) is 73.9 Å². The molecule has 11 heteroatoms. The molecule has 6 rings (SSSR count). The normalized spacial score (nSPS) is 26.2. The lowest BCUT2D eigenvalue weighted by Gasteiger charge is -2.55. The second-order valence-electron chi connectivity index (χ2n) is 13.2. The van der Waals surface area contributed by atoms with E-state index in [0.29, 0.717) is 0 Å². The van der Waals surface area contributed by atoms with Gasteiger partial charge < -0.3 is 37.9 Å².